The number of anilines is 3. The van der Waals surface area contributed by atoms with Gasteiger partial charge in [-0.05, 0) is 117 Å². The predicted octanol–water partition coefficient (Wildman–Crippen LogP) is 17.3. The van der Waals surface area contributed by atoms with Gasteiger partial charge < -0.3 is 9.47 Å². The lowest BCUT2D eigenvalue weighted by Gasteiger charge is -2.26. The molecule has 0 unspecified atom stereocenters. The van der Waals surface area contributed by atoms with Crippen molar-refractivity contribution < 1.29 is 0 Å². The van der Waals surface area contributed by atoms with E-state index in [2.05, 4.69) is 252 Å². The number of hydrogen-bond donors (Lipinski definition) is 0. The molecule has 12 aromatic rings. The van der Waals surface area contributed by atoms with Gasteiger partial charge in [0.1, 0.15) is 0 Å². The van der Waals surface area contributed by atoms with E-state index in [1.807, 2.05) is 11.3 Å². The molecule has 2 nitrogen and oxygen atoms in total. The van der Waals surface area contributed by atoms with E-state index in [-0.39, 0.29) is 0 Å². The molecule has 2 heterocycles. The van der Waals surface area contributed by atoms with Crippen molar-refractivity contribution in [2.24, 2.45) is 0 Å². The van der Waals surface area contributed by atoms with Crippen molar-refractivity contribution in [1.82, 2.24) is 4.57 Å². The van der Waals surface area contributed by atoms with Crippen molar-refractivity contribution in [3.8, 4) is 50.2 Å². The second kappa shape index (κ2) is 15.5. The monoisotopic (exact) mass is 820 g/mol. The zero-order valence-electron chi connectivity index (χ0n) is 34.4. The number of hydrogen-bond acceptors (Lipinski definition) is 2. The third-order valence-corrected chi connectivity index (χ3v) is 13.6. The summed E-state index contributed by atoms with van der Waals surface area (Å²) < 4.78 is 5.09. The molecule has 0 radical (unpaired) electrons. The van der Waals surface area contributed by atoms with Crippen molar-refractivity contribution in [2.45, 2.75) is 0 Å². The molecule has 63 heavy (non-hydrogen) atoms. The molecule has 0 atom stereocenters. The van der Waals surface area contributed by atoms with Gasteiger partial charge in [-0.3, -0.25) is 0 Å². The van der Waals surface area contributed by atoms with Gasteiger partial charge in [-0.2, -0.15) is 0 Å². The second-order valence-corrected chi connectivity index (χ2v) is 17.1. The molecule has 0 fully saturated rings. The molecule has 3 heteroatoms. The summed E-state index contributed by atoms with van der Waals surface area (Å²) >= 11 is 1.87. The van der Waals surface area contributed by atoms with Crippen LogP contribution in [0.1, 0.15) is 0 Å². The molecule has 0 aliphatic heterocycles. The standard InChI is InChI=1S/C60H40N2S/c1-3-16-41(17-4-1)48-20-7-8-21-49(48)42-30-35-46(36-31-42)61(45-18-5-2-6-19-45)47-37-32-43(33-38-47)50-22-9-10-23-51(50)44-34-39-56-54(40-44)52-24-11-13-26-55(52)62(56)57-27-15-29-59-60(57)53-25-12-14-28-58(53)63-59/h1-40H. The molecular formula is C60H40N2S. The highest BCUT2D eigenvalue weighted by molar-refractivity contribution is 7.25. The Morgan fingerprint density at radius 2 is 0.762 bits per heavy atom. The molecule has 0 bridgehead atoms. The van der Waals surface area contributed by atoms with Crippen LogP contribution in [0.25, 0.3) is 92.2 Å². The Morgan fingerprint density at radius 1 is 0.302 bits per heavy atom. The minimum atomic E-state index is 1.10. The fraction of sp³-hybridized carbons (Fsp3) is 0. The summed E-state index contributed by atoms with van der Waals surface area (Å²) in [6, 6.07) is 88.2. The Bertz CT molecular complexity index is 3600. The summed E-state index contributed by atoms with van der Waals surface area (Å²) in [5.74, 6) is 0. The maximum atomic E-state index is 2.47. The van der Waals surface area contributed by atoms with Crippen molar-refractivity contribution >= 4 is 70.4 Å². The molecule has 296 valence electrons. The van der Waals surface area contributed by atoms with Crippen LogP contribution in [-0.2, 0) is 0 Å². The first kappa shape index (κ1) is 36.8. The fourth-order valence-corrected chi connectivity index (χ4v) is 10.7. The van der Waals surface area contributed by atoms with E-state index in [0.29, 0.717) is 0 Å². The zero-order valence-corrected chi connectivity index (χ0v) is 35.2. The van der Waals surface area contributed by atoms with Crippen LogP contribution in [0.4, 0.5) is 17.1 Å². The number of rotatable bonds is 8. The molecule has 0 saturated heterocycles. The Morgan fingerprint density at radius 3 is 1.41 bits per heavy atom. The third kappa shape index (κ3) is 6.41. The highest BCUT2D eigenvalue weighted by Crippen LogP contribution is 2.44. The first-order chi connectivity index (χ1) is 31.3. The van der Waals surface area contributed by atoms with Gasteiger partial charge in [0, 0.05) is 48.0 Å². The van der Waals surface area contributed by atoms with Crippen molar-refractivity contribution in [3.63, 3.8) is 0 Å². The van der Waals surface area contributed by atoms with E-state index >= 15 is 0 Å². The van der Waals surface area contributed by atoms with Gasteiger partial charge in [0.2, 0.25) is 0 Å². The number of nitrogens with zero attached hydrogens (tertiary/aromatic N) is 2. The molecular weight excluding hydrogens is 781 g/mol. The lowest BCUT2D eigenvalue weighted by molar-refractivity contribution is 1.20. The Hall–Kier alpha value is -7.98. The molecule has 0 N–H and O–H groups in total. The molecule has 10 aromatic carbocycles. The highest BCUT2D eigenvalue weighted by Gasteiger charge is 2.19. The van der Waals surface area contributed by atoms with Gasteiger partial charge >= 0.3 is 0 Å². The maximum Gasteiger partial charge on any atom is 0.0555 e. The van der Waals surface area contributed by atoms with Gasteiger partial charge in [-0.25, -0.2) is 0 Å². The third-order valence-electron chi connectivity index (χ3n) is 12.4. The molecule has 2 aromatic heterocycles. The normalized spacial score (nSPS) is 11.5. The second-order valence-electron chi connectivity index (χ2n) is 16.1. The van der Waals surface area contributed by atoms with Crippen LogP contribution < -0.4 is 4.90 Å². The van der Waals surface area contributed by atoms with E-state index in [1.165, 1.54) is 92.2 Å². The fourth-order valence-electron chi connectivity index (χ4n) is 9.54. The summed E-state index contributed by atoms with van der Waals surface area (Å²) in [4.78, 5) is 2.34. The number of para-hydroxylation sites is 2. The van der Waals surface area contributed by atoms with Crippen LogP contribution in [0.3, 0.4) is 0 Å². The largest absolute Gasteiger partial charge is 0.311 e. The molecule has 0 saturated carbocycles. The summed E-state index contributed by atoms with van der Waals surface area (Å²) in [5.41, 5.74) is 16.6. The number of fused-ring (bicyclic) bond motifs is 6. The van der Waals surface area contributed by atoms with Gasteiger partial charge in [-0.1, -0.05) is 170 Å². The van der Waals surface area contributed by atoms with Gasteiger partial charge in [0.05, 0.1) is 16.7 Å². The molecule has 0 amide bonds. The topological polar surface area (TPSA) is 8.17 Å². The Balaban J connectivity index is 0.917. The maximum absolute atomic E-state index is 2.47. The van der Waals surface area contributed by atoms with E-state index in [4.69, 9.17) is 0 Å². The number of benzene rings is 10. The van der Waals surface area contributed by atoms with E-state index < -0.39 is 0 Å². The van der Waals surface area contributed by atoms with Crippen molar-refractivity contribution in [1.29, 1.82) is 0 Å². The van der Waals surface area contributed by atoms with Crippen LogP contribution >= 0.6 is 11.3 Å². The van der Waals surface area contributed by atoms with Gasteiger partial charge in [-0.15, -0.1) is 11.3 Å². The number of aromatic nitrogens is 1. The molecule has 0 spiro atoms. The molecule has 0 aliphatic rings. The first-order valence-corrected chi connectivity index (χ1v) is 22.3. The predicted molar refractivity (Wildman–Crippen MR) is 270 cm³/mol. The summed E-state index contributed by atoms with van der Waals surface area (Å²) in [6.07, 6.45) is 0. The van der Waals surface area contributed by atoms with E-state index in [1.54, 1.807) is 0 Å². The lowest BCUT2D eigenvalue weighted by atomic mass is 9.93. The van der Waals surface area contributed by atoms with Crippen LogP contribution in [-0.4, -0.2) is 4.57 Å². The minimum Gasteiger partial charge on any atom is -0.311 e. The van der Waals surface area contributed by atoms with Crippen molar-refractivity contribution in [3.05, 3.63) is 243 Å². The number of thiophene rings is 1. The summed E-state index contributed by atoms with van der Waals surface area (Å²) in [6.45, 7) is 0. The van der Waals surface area contributed by atoms with Gasteiger partial charge in [0.25, 0.3) is 0 Å². The smallest absolute Gasteiger partial charge is 0.0555 e. The van der Waals surface area contributed by atoms with Crippen LogP contribution in [0.5, 0.6) is 0 Å². The summed E-state index contributed by atoms with van der Waals surface area (Å²) in [7, 11) is 0. The molecule has 0 aliphatic carbocycles. The Labute approximate surface area is 370 Å². The molecule has 12 rings (SSSR count). The lowest BCUT2D eigenvalue weighted by Crippen LogP contribution is -2.09. The van der Waals surface area contributed by atoms with Crippen LogP contribution in [0.2, 0.25) is 0 Å². The SMILES string of the molecule is c1ccc(-c2ccccc2-c2ccc(N(c3ccccc3)c3ccc(-c4ccccc4-c4ccc5c(c4)c4ccccc4n5-c4cccc5sc6ccccc6c45)cc3)cc2)cc1. The quantitative estimate of drug-likeness (QED) is 0.148. The summed E-state index contributed by atoms with van der Waals surface area (Å²) in [5, 5.41) is 5.12. The van der Waals surface area contributed by atoms with E-state index in [0.717, 1.165) is 17.1 Å². The Kier molecular flexibility index (Phi) is 9.06. The highest BCUT2D eigenvalue weighted by atomic mass is 32.1. The van der Waals surface area contributed by atoms with Crippen molar-refractivity contribution in [2.75, 3.05) is 4.90 Å². The average molecular weight is 821 g/mol. The average Bonchev–Trinajstić information content (AvgIpc) is 3.91. The van der Waals surface area contributed by atoms with Crippen LogP contribution in [0.15, 0.2) is 243 Å². The van der Waals surface area contributed by atoms with E-state index in [9.17, 15) is 0 Å². The zero-order chi connectivity index (χ0) is 41.7. The van der Waals surface area contributed by atoms with Gasteiger partial charge in [0.15, 0.2) is 0 Å². The minimum absolute atomic E-state index is 1.10. The first-order valence-electron chi connectivity index (χ1n) is 21.5. The van der Waals surface area contributed by atoms with Crippen LogP contribution in [0, 0.1) is 0 Å².